The van der Waals surface area contributed by atoms with Crippen LogP contribution in [0.3, 0.4) is 0 Å². The lowest BCUT2D eigenvalue weighted by molar-refractivity contribution is 0.102. The normalized spacial score (nSPS) is 10.7. The van der Waals surface area contributed by atoms with E-state index in [1.807, 2.05) is 36.4 Å². The fraction of sp³-hybridized carbons (Fsp3) is 0. The van der Waals surface area contributed by atoms with Crippen molar-refractivity contribution < 1.29 is 9.21 Å². The molecule has 0 fully saturated rings. The summed E-state index contributed by atoms with van der Waals surface area (Å²) in [6, 6.07) is 14.9. The van der Waals surface area contributed by atoms with Gasteiger partial charge in [-0.2, -0.15) is 0 Å². The number of fused-ring (bicyclic) bond motifs is 1. The third-order valence-electron chi connectivity index (χ3n) is 3.46. The topological polar surface area (TPSA) is 80.9 Å². The number of aromatic nitrogens is 3. The molecule has 0 spiro atoms. The van der Waals surface area contributed by atoms with Crippen molar-refractivity contribution in [1.82, 2.24) is 15.0 Å². The summed E-state index contributed by atoms with van der Waals surface area (Å²) >= 11 is 0. The number of carbonyl (C=O) groups is 1. The summed E-state index contributed by atoms with van der Waals surface area (Å²) < 4.78 is 5.75. The van der Waals surface area contributed by atoms with Crippen molar-refractivity contribution in [2.24, 2.45) is 0 Å². The van der Waals surface area contributed by atoms with Gasteiger partial charge in [0.1, 0.15) is 11.2 Å². The molecule has 0 unspecified atom stereocenters. The summed E-state index contributed by atoms with van der Waals surface area (Å²) in [4.78, 5) is 24.5. The lowest BCUT2D eigenvalue weighted by atomic mass is 10.2. The van der Waals surface area contributed by atoms with E-state index in [1.54, 1.807) is 12.1 Å². The summed E-state index contributed by atoms with van der Waals surface area (Å²) in [5, 5.41) is 2.79. The van der Waals surface area contributed by atoms with Crippen LogP contribution in [0.15, 0.2) is 71.5 Å². The van der Waals surface area contributed by atoms with Gasteiger partial charge in [-0.25, -0.2) is 9.97 Å². The molecule has 0 saturated heterocycles. The third kappa shape index (κ3) is 2.72. The highest BCUT2D eigenvalue weighted by atomic mass is 16.3. The monoisotopic (exact) mass is 316 g/mol. The Bertz CT molecular complexity index is 979. The van der Waals surface area contributed by atoms with E-state index in [0.717, 1.165) is 16.7 Å². The van der Waals surface area contributed by atoms with E-state index in [0.29, 0.717) is 11.6 Å². The first-order chi connectivity index (χ1) is 11.8. The first kappa shape index (κ1) is 14.1. The van der Waals surface area contributed by atoms with Gasteiger partial charge in [0.05, 0.1) is 6.20 Å². The first-order valence-corrected chi connectivity index (χ1v) is 7.33. The summed E-state index contributed by atoms with van der Waals surface area (Å²) in [6.45, 7) is 0. The number of benzene rings is 2. The minimum Gasteiger partial charge on any atom is -0.436 e. The Hall–Kier alpha value is -3.54. The van der Waals surface area contributed by atoms with Crippen LogP contribution in [0.25, 0.3) is 22.6 Å². The molecule has 4 aromatic rings. The maximum absolute atomic E-state index is 12.2. The highest BCUT2D eigenvalue weighted by Gasteiger charge is 2.11. The summed E-state index contributed by atoms with van der Waals surface area (Å²) in [5.74, 6) is 0.185. The van der Waals surface area contributed by atoms with Crippen molar-refractivity contribution in [3.05, 3.63) is 72.8 Å². The van der Waals surface area contributed by atoms with Gasteiger partial charge in [0, 0.05) is 23.6 Å². The lowest BCUT2D eigenvalue weighted by Gasteiger charge is -2.05. The molecule has 116 valence electrons. The standard InChI is InChI=1S/C18H12N4O2/c23-17(15-11-19-8-9-20-15)21-13-5-3-4-12(10-13)18-22-14-6-1-2-7-16(14)24-18/h1-11H,(H,21,23). The molecule has 2 aromatic carbocycles. The van der Waals surface area contributed by atoms with Crippen molar-refractivity contribution in [2.75, 3.05) is 5.32 Å². The molecular formula is C18H12N4O2. The number of nitrogens with one attached hydrogen (secondary N) is 1. The minimum atomic E-state index is -0.321. The van der Waals surface area contributed by atoms with Crippen LogP contribution >= 0.6 is 0 Å². The van der Waals surface area contributed by atoms with Gasteiger partial charge in [-0.15, -0.1) is 0 Å². The van der Waals surface area contributed by atoms with Gasteiger partial charge in [-0.1, -0.05) is 18.2 Å². The van der Waals surface area contributed by atoms with Gasteiger partial charge in [-0.05, 0) is 30.3 Å². The highest BCUT2D eigenvalue weighted by Crippen LogP contribution is 2.26. The van der Waals surface area contributed by atoms with Gasteiger partial charge in [-0.3, -0.25) is 9.78 Å². The van der Waals surface area contributed by atoms with Crippen molar-refractivity contribution >= 4 is 22.7 Å². The quantitative estimate of drug-likeness (QED) is 0.625. The Balaban J connectivity index is 1.63. The number of amides is 1. The van der Waals surface area contributed by atoms with Crippen LogP contribution in [0.1, 0.15) is 10.5 Å². The van der Waals surface area contributed by atoms with E-state index < -0.39 is 0 Å². The Morgan fingerprint density at radius 1 is 1.04 bits per heavy atom. The van der Waals surface area contributed by atoms with E-state index in [4.69, 9.17) is 4.42 Å². The third-order valence-corrected chi connectivity index (χ3v) is 3.46. The molecule has 6 nitrogen and oxygen atoms in total. The molecule has 0 atom stereocenters. The number of anilines is 1. The van der Waals surface area contributed by atoms with E-state index in [9.17, 15) is 4.79 Å². The highest BCUT2D eigenvalue weighted by molar-refractivity contribution is 6.02. The predicted molar refractivity (Wildman–Crippen MR) is 89.4 cm³/mol. The molecule has 2 heterocycles. The van der Waals surface area contributed by atoms with Crippen molar-refractivity contribution in [3.63, 3.8) is 0 Å². The van der Waals surface area contributed by atoms with Crippen LogP contribution in [0, 0.1) is 0 Å². The molecule has 0 aliphatic rings. The zero-order valence-corrected chi connectivity index (χ0v) is 12.5. The summed E-state index contributed by atoms with van der Waals surface area (Å²) in [6.07, 6.45) is 4.41. The predicted octanol–water partition coefficient (Wildman–Crippen LogP) is 3.54. The number of oxazole rings is 1. The molecule has 24 heavy (non-hydrogen) atoms. The second kappa shape index (κ2) is 5.92. The number of hydrogen-bond acceptors (Lipinski definition) is 5. The fourth-order valence-corrected chi connectivity index (χ4v) is 2.34. The van der Waals surface area contributed by atoms with Gasteiger partial charge < -0.3 is 9.73 Å². The molecule has 0 radical (unpaired) electrons. The van der Waals surface area contributed by atoms with Crippen LogP contribution in [-0.2, 0) is 0 Å². The molecule has 0 aliphatic carbocycles. The maximum atomic E-state index is 12.2. The van der Waals surface area contributed by atoms with Crippen molar-refractivity contribution in [1.29, 1.82) is 0 Å². The van der Waals surface area contributed by atoms with Gasteiger partial charge >= 0.3 is 0 Å². The van der Waals surface area contributed by atoms with Crippen molar-refractivity contribution in [3.8, 4) is 11.5 Å². The molecule has 2 aromatic heterocycles. The SMILES string of the molecule is O=C(Nc1cccc(-c2nc3ccccc3o2)c1)c1cnccn1. The average molecular weight is 316 g/mol. The van der Waals surface area contributed by atoms with E-state index in [2.05, 4.69) is 20.3 Å². The number of carbonyl (C=O) groups excluding carboxylic acids is 1. The fourth-order valence-electron chi connectivity index (χ4n) is 2.34. The number of rotatable bonds is 3. The maximum Gasteiger partial charge on any atom is 0.275 e. The molecule has 0 bridgehead atoms. The smallest absolute Gasteiger partial charge is 0.275 e. The average Bonchev–Trinajstić information content (AvgIpc) is 3.07. The Labute approximate surface area is 137 Å². The summed E-state index contributed by atoms with van der Waals surface area (Å²) in [5.41, 5.74) is 3.18. The van der Waals surface area contributed by atoms with Crippen LogP contribution < -0.4 is 5.32 Å². The van der Waals surface area contributed by atoms with Gasteiger partial charge in [0.15, 0.2) is 5.58 Å². The Morgan fingerprint density at radius 2 is 1.96 bits per heavy atom. The second-order valence-electron chi connectivity index (χ2n) is 5.11. The number of para-hydroxylation sites is 2. The lowest BCUT2D eigenvalue weighted by Crippen LogP contribution is -2.13. The molecular weight excluding hydrogens is 304 g/mol. The number of hydrogen-bond donors (Lipinski definition) is 1. The minimum absolute atomic E-state index is 0.254. The van der Waals surface area contributed by atoms with Gasteiger partial charge in [0.2, 0.25) is 5.89 Å². The van der Waals surface area contributed by atoms with E-state index >= 15 is 0 Å². The Morgan fingerprint density at radius 3 is 2.79 bits per heavy atom. The molecule has 1 amide bonds. The second-order valence-corrected chi connectivity index (χ2v) is 5.11. The van der Waals surface area contributed by atoms with Crippen LogP contribution in [-0.4, -0.2) is 20.9 Å². The van der Waals surface area contributed by atoms with E-state index in [-0.39, 0.29) is 11.6 Å². The van der Waals surface area contributed by atoms with Crippen LogP contribution in [0.4, 0.5) is 5.69 Å². The zero-order valence-electron chi connectivity index (χ0n) is 12.5. The molecule has 0 saturated carbocycles. The molecule has 0 aliphatic heterocycles. The Kier molecular flexibility index (Phi) is 3.47. The molecule has 4 rings (SSSR count). The summed E-state index contributed by atoms with van der Waals surface area (Å²) in [7, 11) is 0. The molecule has 6 heteroatoms. The van der Waals surface area contributed by atoms with Crippen LogP contribution in [0.2, 0.25) is 0 Å². The van der Waals surface area contributed by atoms with Crippen molar-refractivity contribution in [2.45, 2.75) is 0 Å². The number of nitrogens with zero attached hydrogens (tertiary/aromatic N) is 3. The largest absolute Gasteiger partial charge is 0.436 e. The zero-order chi connectivity index (χ0) is 16.4. The van der Waals surface area contributed by atoms with Gasteiger partial charge in [0.25, 0.3) is 5.91 Å². The van der Waals surface area contributed by atoms with E-state index in [1.165, 1.54) is 18.6 Å². The molecule has 1 N–H and O–H groups in total. The van der Waals surface area contributed by atoms with Crippen LogP contribution in [0.5, 0.6) is 0 Å². The first-order valence-electron chi connectivity index (χ1n) is 7.33.